The monoisotopic (exact) mass is 203 g/mol. The van der Waals surface area contributed by atoms with E-state index < -0.39 is 0 Å². The van der Waals surface area contributed by atoms with Crippen LogP contribution in [-0.2, 0) is 0 Å². The fourth-order valence-electron chi connectivity index (χ4n) is 1.73. The zero-order chi connectivity index (χ0) is 10.4. The van der Waals surface area contributed by atoms with Crippen LogP contribution in [0.15, 0.2) is 22.6 Å². The molecule has 1 aliphatic carbocycles. The average Bonchev–Trinajstić information content (AvgIpc) is 2.97. The van der Waals surface area contributed by atoms with Gasteiger partial charge in [-0.3, -0.25) is 0 Å². The summed E-state index contributed by atoms with van der Waals surface area (Å²) in [7, 11) is 2.01. The van der Waals surface area contributed by atoms with Gasteiger partial charge in [-0.05, 0) is 25.0 Å². The number of para-hydroxylation sites is 1. The second kappa shape index (κ2) is 2.89. The van der Waals surface area contributed by atoms with E-state index in [-0.39, 0.29) is 0 Å². The summed E-state index contributed by atoms with van der Waals surface area (Å²) < 4.78 is 5.65. The van der Waals surface area contributed by atoms with Gasteiger partial charge in [0.1, 0.15) is 5.52 Å². The minimum atomic E-state index is 0.597. The molecule has 4 nitrogen and oxygen atoms in total. The Balaban J connectivity index is 2.09. The maximum Gasteiger partial charge on any atom is 0.298 e. The molecule has 2 N–H and O–H groups in total. The highest BCUT2D eigenvalue weighted by Gasteiger charge is 2.29. The minimum absolute atomic E-state index is 0.597. The normalized spacial score (nSPS) is 15.8. The van der Waals surface area contributed by atoms with Crippen molar-refractivity contribution in [3.63, 3.8) is 0 Å². The van der Waals surface area contributed by atoms with Crippen molar-refractivity contribution in [2.75, 3.05) is 17.7 Å². The van der Waals surface area contributed by atoms with Crippen LogP contribution in [-0.4, -0.2) is 18.1 Å². The third-order valence-corrected chi connectivity index (χ3v) is 2.84. The lowest BCUT2D eigenvalue weighted by Gasteiger charge is -2.11. The number of nitrogen functional groups attached to an aromatic ring is 1. The van der Waals surface area contributed by atoms with Crippen molar-refractivity contribution >= 4 is 22.8 Å². The summed E-state index contributed by atoms with van der Waals surface area (Å²) in [5, 5.41) is 0. The smallest absolute Gasteiger partial charge is 0.298 e. The van der Waals surface area contributed by atoms with Crippen LogP contribution >= 0.6 is 0 Å². The molecule has 78 valence electrons. The lowest BCUT2D eigenvalue weighted by Crippen LogP contribution is -2.19. The molecule has 1 heterocycles. The van der Waals surface area contributed by atoms with Crippen molar-refractivity contribution in [2.45, 2.75) is 18.9 Å². The van der Waals surface area contributed by atoms with Gasteiger partial charge in [0.2, 0.25) is 0 Å². The zero-order valence-electron chi connectivity index (χ0n) is 8.60. The van der Waals surface area contributed by atoms with E-state index in [0.717, 1.165) is 11.1 Å². The summed E-state index contributed by atoms with van der Waals surface area (Å²) in [6.45, 7) is 0. The first-order valence-electron chi connectivity index (χ1n) is 5.13. The number of benzene rings is 1. The Bertz CT molecular complexity index is 502. The van der Waals surface area contributed by atoms with Gasteiger partial charge in [-0.15, -0.1) is 0 Å². The van der Waals surface area contributed by atoms with Gasteiger partial charge >= 0.3 is 0 Å². The Labute approximate surface area is 87.7 Å². The van der Waals surface area contributed by atoms with Crippen LogP contribution in [0.4, 0.5) is 11.7 Å². The maximum absolute atomic E-state index is 5.82. The lowest BCUT2D eigenvalue weighted by atomic mass is 10.3. The topological polar surface area (TPSA) is 55.3 Å². The van der Waals surface area contributed by atoms with E-state index >= 15 is 0 Å². The van der Waals surface area contributed by atoms with E-state index in [1.165, 1.54) is 12.8 Å². The number of anilines is 2. The minimum Gasteiger partial charge on any atom is -0.423 e. The number of nitrogens with two attached hydrogens (primary N) is 1. The lowest BCUT2D eigenvalue weighted by molar-refractivity contribution is 0.581. The number of oxazole rings is 1. The van der Waals surface area contributed by atoms with Gasteiger partial charge in [-0.1, -0.05) is 6.07 Å². The van der Waals surface area contributed by atoms with Crippen LogP contribution < -0.4 is 10.6 Å². The molecule has 4 heteroatoms. The molecular weight excluding hydrogens is 190 g/mol. The first kappa shape index (κ1) is 8.59. The SMILES string of the molecule is CN(c1nc2c(N)cccc2o1)C1CC1. The van der Waals surface area contributed by atoms with Crippen molar-refractivity contribution < 1.29 is 4.42 Å². The Hall–Kier alpha value is -1.71. The van der Waals surface area contributed by atoms with Gasteiger partial charge in [0.15, 0.2) is 5.58 Å². The third-order valence-electron chi connectivity index (χ3n) is 2.84. The molecule has 1 aliphatic rings. The van der Waals surface area contributed by atoms with Crippen molar-refractivity contribution in [1.29, 1.82) is 0 Å². The largest absolute Gasteiger partial charge is 0.423 e. The van der Waals surface area contributed by atoms with E-state index in [4.69, 9.17) is 10.2 Å². The number of nitrogens with zero attached hydrogens (tertiary/aromatic N) is 2. The molecule has 0 saturated heterocycles. The summed E-state index contributed by atoms with van der Waals surface area (Å²) in [5.41, 5.74) is 8.02. The molecule has 0 bridgehead atoms. The number of hydrogen-bond acceptors (Lipinski definition) is 4. The predicted octanol–water partition coefficient (Wildman–Crippen LogP) is 2.01. The molecule has 3 rings (SSSR count). The predicted molar refractivity (Wildman–Crippen MR) is 59.8 cm³/mol. The van der Waals surface area contributed by atoms with E-state index in [1.54, 1.807) is 0 Å². The molecular formula is C11H13N3O. The number of rotatable bonds is 2. The molecule has 0 radical (unpaired) electrons. The zero-order valence-corrected chi connectivity index (χ0v) is 8.60. The quantitative estimate of drug-likeness (QED) is 0.758. The molecule has 0 atom stereocenters. The fourth-order valence-corrected chi connectivity index (χ4v) is 1.73. The first-order chi connectivity index (χ1) is 7.25. The van der Waals surface area contributed by atoms with E-state index in [0.29, 0.717) is 17.7 Å². The van der Waals surface area contributed by atoms with E-state index in [2.05, 4.69) is 9.88 Å². The van der Waals surface area contributed by atoms with Crippen molar-refractivity contribution in [3.8, 4) is 0 Å². The molecule has 0 unspecified atom stereocenters. The van der Waals surface area contributed by atoms with Crippen molar-refractivity contribution in [1.82, 2.24) is 4.98 Å². The van der Waals surface area contributed by atoms with E-state index in [1.807, 2.05) is 25.2 Å². The summed E-state index contributed by atoms with van der Waals surface area (Å²) in [5.74, 6) is 0. The highest BCUT2D eigenvalue weighted by atomic mass is 16.4. The van der Waals surface area contributed by atoms with Crippen LogP contribution in [0.1, 0.15) is 12.8 Å². The Kier molecular flexibility index (Phi) is 1.65. The Morgan fingerprint density at radius 1 is 1.47 bits per heavy atom. The molecule has 1 aromatic carbocycles. The Morgan fingerprint density at radius 2 is 2.27 bits per heavy atom. The second-order valence-corrected chi connectivity index (χ2v) is 4.03. The van der Waals surface area contributed by atoms with E-state index in [9.17, 15) is 0 Å². The summed E-state index contributed by atoms with van der Waals surface area (Å²) in [4.78, 5) is 6.49. The first-order valence-corrected chi connectivity index (χ1v) is 5.13. The van der Waals surface area contributed by atoms with Gasteiger partial charge in [0.25, 0.3) is 6.01 Å². The van der Waals surface area contributed by atoms with Gasteiger partial charge in [0.05, 0.1) is 5.69 Å². The molecule has 1 saturated carbocycles. The summed E-state index contributed by atoms with van der Waals surface area (Å²) in [6, 6.07) is 6.88. The van der Waals surface area contributed by atoms with Crippen molar-refractivity contribution in [3.05, 3.63) is 18.2 Å². The van der Waals surface area contributed by atoms with Gasteiger partial charge in [0, 0.05) is 13.1 Å². The number of aromatic nitrogens is 1. The highest BCUT2D eigenvalue weighted by Crippen LogP contribution is 2.32. The van der Waals surface area contributed by atoms with Gasteiger partial charge in [-0.2, -0.15) is 4.98 Å². The molecule has 0 amide bonds. The van der Waals surface area contributed by atoms with Crippen LogP contribution in [0.2, 0.25) is 0 Å². The molecule has 0 spiro atoms. The fraction of sp³-hybridized carbons (Fsp3) is 0.364. The summed E-state index contributed by atoms with van der Waals surface area (Å²) in [6.07, 6.45) is 2.45. The number of hydrogen-bond donors (Lipinski definition) is 1. The van der Waals surface area contributed by atoms with Crippen molar-refractivity contribution in [2.24, 2.45) is 0 Å². The molecule has 2 aromatic rings. The highest BCUT2D eigenvalue weighted by molar-refractivity contribution is 5.86. The third kappa shape index (κ3) is 1.33. The standard InChI is InChI=1S/C11H13N3O/c1-14(7-5-6-7)11-13-10-8(12)3-2-4-9(10)15-11/h2-4,7H,5-6,12H2,1H3. The maximum atomic E-state index is 5.82. The molecule has 1 aromatic heterocycles. The van der Waals surface area contributed by atoms with Gasteiger partial charge < -0.3 is 15.1 Å². The number of fused-ring (bicyclic) bond motifs is 1. The molecule has 0 aliphatic heterocycles. The second-order valence-electron chi connectivity index (χ2n) is 4.03. The summed E-state index contributed by atoms with van der Waals surface area (Å²) >= 11 is 0. The van der Waals surface area contributed by atoms with Crippen LogP contribution in [0.3, 0.4) is 0 Å². The van der Waals surface area contributed by atoms with Crippen LogP contribution in [0, 0.1) is 0 Å². The Morgan fingerprint density at radius 3 is 2.93 bits per heavy atom. The molecule has 15 heavy (non-hydrogen) atoms. The van der Waals surface area contributed by atoms with Crippen LogP contribution in [0.5, 0.6) is 0 Å². The average molecular weight is 203 g/mol. The van der Waals surface area contributed by atoms with Gasteiger partial charge in [-0.25, -0.2) is 0 Å². The van der Waals surface area contributed by atoms with Crippen LogP contribution in [0.25, 0.3) is 11.1 Å². The molecule has 1 fully saturated rings.